The lowest BCUT2D eigenvalue weighted by atomic mass is 10.3. The van der Waals surface area contributed by atoms with E-state index in [-0.39, 0.29) is 5.91 Å². The molecule has 0 N–H and O–H groups in total. The van der Waals surface area contributed by atoms with Crippen molar-refractivity contribution in [2.24, 2.45) is 0 Å². The highest BCUT2D eigenvalue weighted by atomic mass is 32.2. The van der Waals surface area contributed by atoms with Gasteiger partial charge in [-0.2, -0.15) is 0 Å². The van der Waals surface area contributed by atoms with Crippen LogP contribution in [0, 0.1) is 6.92 Å². The van der Waals surface area contributed by atoms with Gasteiger partial charge in [-0.3, -0.25) is 13.9 Å². The Bertz CT molecular complexity index is 706. The fourth-order valence-corrected chi connectivity index (χ4v) is 3.90. The van der Waals surface area contributed by atoms with Crippen molar-refractivity contribution < 1.29 is 13.4 Å². The summed E-state index contributed by atoms with van der Waals surface area (Å²) >= 11 is 0. The van der Waals surface area contributed by atoms with Gasteiger partial charge < -0.3 is 9.32 Å². The van der Waals surface area contributed by atoms with Crippen LogP contribution >= 0.6 is 0 Å². The molecule has 0 saturated carbocycles. The van der Waals surface area contributed by atoms with Crippen molar-refractivity contribution in [2.45, 2.75) is 11.8 Å². The smallest absolute Gasteiger partial charge is 0.289 e. The van der Waals surface area contributed by atoms with E-state index in [2.05, 4.69) is 4.90 Å². The van der Waals surface area contributed by atoms with Crippen molar-refractivity contribution >= 4 is 16.7 Å². The first-order valence-corrected chi connectivity index (χ1v) is 9.47. The van der Waals surface area contributed by atoms with E-state index in [0.717, 1.165) is 30.3 Å². The summed E-state index contributed by atoms with van der Waals surface area (Å²) in [4.78, 5) is 17.3. The fourth-order valence-electron chi connectivity index (χ4n) is 2.78. The number of furan rings is 1. The van der Waals surface area contributed by atoms with Crippen LogP contribution in [0.1, 0.15) is 16.3 Å². The molecule has 1 amide bonds. The summed E-state index contributed by atoms with van der Waals surface area (Å²) in [5.74, 6) is 1.73. The van der Waals surface area contributed by atoms with Crippen LogP contribution in [-0.4, -0.2) is 58.4 Å². The zero-order valence-corrected chi connectivity index (χ0v) is 14.6. The molecular weight excluding hydrogens is 324 g/mol. The summed E-state index contributed by atoms with van der Waals surface area (Å²) in [6.07, 6.45) is 0. The molecule has 0 spiro atoms. The predicted octanol–water partition coefficient (Wildman–Crippen LogP) is 2.15. The highest BCUT2D eigenvalue weighted by Gasteiger charge is 2.24. The molecular formula is C18H22N2O3S. The summed E-state index contributed by atoms with van der Waals surface area (Å²) in [5, 5.41) is 0. The Morgan fingerprint density at radius 3 is 2.42 bits per heavy atom. The van der Waals surface area contributed by atoms with Gasteiger partial charge >= 0.3 is 0 Å². The molecule has 1 fully saturated rings. The molecule has 2 aromatic rings. The van der Waals surface area contributed by atoms with Crippen LogP contribution in [-0.2, 0) is 10.8 Å². The number of benzene rings is 1. The Morgan fingerprint density at radius 2 is 1.79 bits per heavy atom. The first-order valence-electron chi connectivity index (χ1n) is 8.15. The van der Waals surface area contributed by atoms with Gasteiger partial charge in [-0.15, -0.1) is 0 Å². The molecule has 1 aromatic heterocycles. The van der Waals surface area contributed by atoms with E-state index in [1.807, 2.05) is 48.2 Å². The number of nitrogens with zero attached hydrogens (tertiary/aromatic N) is 2. The average molecular weight is 346 g/mol. The zero-order chi connectivity index (χ0) is 16.9. The Hall–Kier alpha value is -1.92. The van der Waals surface area contributed by atoms with E-state index in [0.29, 0.717) is 24.6 Å². The number of aryl methyl sites for hydroxylation is 1. The fraction of sp³-hybridized carbons (Fsp3) is 0.389. The number of carbonyl (C=O) groups is 1. The van der Waals surface area contributed by atoms with Gasteiger partial charge in [-0.25, -0.2) is 0 Å². The van der Waals surface area contributed by atoms with Crippen LogP contribution in [0.3, 0.4) is 0 Å². The number of hydrogen-bond donors (Lipinski definition) is 0. The third kappa shape index (κ3) is 4.13. The summed E-state index contributed by atoms with van der Waals surface area (Å²) in [5.41, 5.74) is 0. The van der Waals surface area contributed by atoms with E-state index < -0.39 is 10.8 Å². The molecule has 5 nitrogen and oxygen atoms in total. The molecule has 0 radical (unpaired) electrons. The topological polar surface area (TPSA) is 53.8 Å². The molecule has 24 heavy (non-hydrogen) atoms. The summed E-state index contributed by atoms with van der Waals surface area (Å²) < 4.78 is 17.7. The maximum absolute atomic E-state index is 12.3. The van der Waals surface area contributed by atoms with Gasteiger partial charge in [0.25, 0.3) is 5.91 Å². The monoisotopic (exact) mass is 346 g/mol. The van der Waals surface area contributed by atoms with E-state index in [1.54, 1.807) is 6.07 Å². The predicted molar refractivity (Wildman–Crippen MR) is 93.5 cm³/mol. The average Bonchev–Trinajstić information content (AvgIpc) is 3.06. The Morgan fingerprint density at radius 1 is 1.08 bits per heavy atom. The largest absolute Gasteiger partial charge is 0.456 e. The lowest BCUT2D eigenvalue weighted by Crippen LogP contribution is -2.49. The third-order valence-electron chi connectivity index (χ3n) is 4.21. The van der Waals surface area contributed by atoms with Crippen LogP contribution in [0.15, 0.2) is 51.8 Å². The third-order valence-corrected chi connectivity index (χ3v) is 5.56. The second-order valence-corrected chi connectivity index (χ2v) is 7.48. The minimum absolute atomic E-state index is 0.0457. The number of hydrogen-bond acceptors (Lipinski definition) is 4. The molecule has 1 aromatic carbocycles. The van der Waals surface area contributed by atoms with Gasteiger partial charge in [0.2, 0.25) is 0 Å². The van der Waals surface area contributed by atoms with Gasteiger partial charge in [0.15, 0.2) is 5.76 Å². The Labute approximate surface area is 144 Å². The molecule has 3 rings (SSSR count). The number of piperazine rings is 1. The number of amides is 1. The number of rotatable bonds is 5. The molecule has 0 unspecified atom stereocenters. The van der Waals surface area contributed by atoms with Gasteiger partial charge in [0, 0.05) is 43.4 Å². The van der Waals surface area contributed by atoms with E-state index in [1.165, 1.54) is 0 Å². The Balaban J connectivity index is 1.45. The SMILES string of the molecule is Cc1ccc(C(=O)N2CCN(CC[S@@](=O)c3ccccc3)CC2)o1. The van der Waals surface area contributed by atoms with Crippen LogP contribution in [0.2, 0.25) is 0 Å². The molecule has 1 aliphatic rings. The van der Waals surface area contributed by atoms with Crippen LogP contribution in [0.25, 0.3) is 0 Å². The van der Waals surface area contributed by atoms with Crippen molar-refractivity contribution in [2.75, 3.05) is 38.5 Å². The summed E-state index contributed by atoms with van der Waals surface area (Å²) in [6.45, 7) is 5.58. The lowest BCUT2D eigenvalue weighted by molar-refractivity contribution is 0.0612. The van der Waals surface area contributed by atoms with Crippen molar-refractivity contribution in [3.63, 3.8) is 0 Å². The van der Waals surface area contributed by atoms with Gasteiger partial charge in [-0.1, -0.05) is 18.2 Å². The standard InChI is InChI=1S/C18H22N2O3S/c1-15-7-8-17(23-15)18(21)20-11-9-19(10-12-20)13-14-24(22)16-5-3-2-4-6-16/h2-8H,9-14H2,1H3/t24-/m1/s1. The minimum Gasteiger partial charge on any atom is -0.456 e. The van der Waals surface area contributed by atoms with Crippen LogP contribution in [0.4, 0.5) is 0 Å². The quantitative estimate of drug-likeness (QED) is 0.832. The van der Waals surface area contributed by atoms with E-state index >= 15 is 0 Å². The van der Waals surface area contributed by atoms with Gasteiger partial charge in [-0.05, 0) is 31.2 Å². The van der Waals surface area contributed by atoms with Gasteiger partial charge in [0.05, 0.1) is 10.8 Å². The second kappa shape index (κ2) is 7.77. The minimum atomic E-state index is -0.967. The van der Waals surface area contributed by atoms with Crippen molar-refractivity contribution in [1.82, 2.24) is 9.80 Å². The normalized spacial score (nSPS) is 17.0. The summed E-state index contributed by atoms with van der Waals surface area (Å²) in [6, 6.07) is 13.1. The molecule has 6 heteroatoms. The lowest BCUT2D eigenvalue weighted by Gasteiger charge is -2.34. The summed E-state index contributed by atoms with van der Waals surface area (Å²) in [7, 11) is -0.967. The molecule has 128 valence electrons. The number of carbonyl (C=O) groups excluding carboxylic acids is 1. The van der Waals surface area contributed by atoms with Crippen molar-refractivity contribution in [1.29, 1.82) is 0 Å². The molecule has 1 saturated heterocycles. The van der Waals surface area contributed by atoms with Crippen LogP contribution in [0.5, 0.6) is 0 Å². The highest BCUT2D eigenvalue weighted by Crippen LogP contribution is 2.12. The second-order valence-electron chi connectivity index (χ2n) is 5.91. The highest BCUT2D eigenvalue weighted by molar-refractivity contribution is 7.85. The maximum atomic E-state index is 12.3. The molecule has 0 aliphatic carbocycles. The maximum Gasteiger partial charge on any atom is 0.289 e. The molecule has 2 heterocycles. The van der Waals surface area contributed by atoms with E-state index in [4.69, 9.17) is 4.42 Å². The first kappa shape index (κ1) is 16.9. The molecule has 1 atom stereocenters. The molecule has 0 bridgehead atoms. The van der Waals surface area contributed by atoms with Crippen LogP contribution < -0.4 is 0 Å². The zero-order valence-electron chi connectivity index (χ0n) is 13.8. The Kier molecular flexibility index (Phi) is 5.48. The van der Waals surface area contributed by atoms with Crippen molar-refractivity contribution in [3.05, 3.63) is 54.0 Å². The van der Waals surface area contributed by atoms with Gasteiger partial charge in [0.1, 0.15) is 5.76 Å². The van der Waals surface area contributed by atoms with E-state index in [9.17, 15) is 9.00 Å². The first-order chi connectivity index (χ1) is 11.6. The van der Waals surface area contributed by atoms with Crippen molar-refractivity contribution in [3.8, 4) is 0 Å². The molecule has 1 aliphatic heterocycles.